The first-order valence-corrected chi connectivity index (χ1v) is 5.75. The molecule has 1 unspecified atom stereocenters. The number of hydrazone groups is 1. The fourth-order valence-corrected chi connectivity index (χ4v) is 1.72. The molecule has 0 spiro atoms. The molecule has 1 heterocycles. The monoisotopic (exact) mass is 229 g/mol. The van der Waals surface area contributed by atoms with E-state index in [2.05, 4.69) is 27.7 Å². The van der Waals surface area contributed by atoms with Gasteiger partial charge in [0.1, 0.15) is 0 Å². The lowest BCUT2D eigenvalue weighted by molar-refractivity contribution is 0.0954. The Balaban J connectivity index is 1.84. The van der Waals surface area contributed by atoms with Crippen LogP contribution in [0.25, 0.3) is 0 Å². The van der Waals surface area contributed by atoms with E-state index < -0.39 is 0 Å². The second-order valence-electron chi connectivity index (χ2n) is 4.01. The number of rotatable bonds is 3. The van der Waals surface area contributed by atoms with E-state index in [4.69, 9.17) is 0 Å². The van der Waals surface area contributed by atoms with Crippen molar-refractivity contribution in [3.8, 4) is 0 Å². The lowest BCUT2D eigenvalue weighted by Gasteiger charge is -2.11. The third kappa shape index (κ3) is 3.52. The Morgan fingerprint density at radius 3 is 3.18 bits per heavy atom. The fourth-order valence-electron chi connectivity index (χ4n) is 1.72. The summed E-state index contributed by atoms with van der Waals surface area (Å²) in [5.74, 6) is 0.217. The van der Waals surface area contributed by atoms with Crippen LogP contribution < -0.4 is 5.43 Å². The van der Waals surface area contributed by atoms with E-state index in [0.29, 0.717) is 11.5 Å². The van der Waals surface area contributed by atoms with Gasteiger partial charge in [-0.25, -0.2) is 5.43 Å². The zero-order valence-corrected chi connectivity index (χ0v) is 9.54. The molecular formula is C13H15N3O. The number of hydrogen-bond acceptors (Lipinski definition) is 3. The highest BCUT2D eigenvalue weighted by Gasteiger charge is 2.07. The van der Waals surface area contributed by atoms with Crippen LogP contribution >= 0.6 is 0 Å². The van der Waals surface area contributed by atoms with Crippen molar-refractivity contribution in [3.05, 3.63) is 42.2 Å². The first kappa shape index (κ1) is 11.5. The Morgan fingerprint density at radius 2 is 2.47 bits per heavy atom. The molecule has 1 aliphatic carbocycles. The van der Waals surface area contributed by atoms with E-state index in [1.165, 1.54) is 6.20 Å². The molecule has 2 rings (SSSR count). The summed E-state index contributed by atoms with van der Waals surface area (Å²) < 4.78 is 0. The standard InChI is InChI=1S/C13H15N3O/c17-13(12-7-4-8-14-10-12)16-15-9-11-5-2-1-3-6-11/h1-2,4,7-11H,3,5-6H2,(H,16,17)/b15-9+. The summed E-state index contributed by atoms with van der Waals surface area (Å²) in [7, 11) is 0. The van der Waals surface area contributed by atoms with Gasteiger partial charge in [-0.3, -0.25) is 9.78 Å². The molecule has 4 heteroatoms. The summed E-state index contributed by atoms with van der Waals surface area (Å²) in [4.78, 5) is 15.5. The summed E-state index contributed by atoms with van der Waals surface area (Å²) in [6.45, 7) is 0. The number of hydrogen-bond donors (Lipinski definition) is 1. The highest BCUT2D eigenvalue weighted by molar-refractivity contribution is 5.93. The Labute approximate surface area is 100 Å². The van der Waals surface area contributed by atoms with Crippen LogP contribution in [-0.4, -0.2) is 17.1 Å². The van der Waals surface area contributed by atoms with Crippen LogP contribution in [0.2, 0.25) is 0 Å². The van der Waals surface area contributed by atoms with Gasteiger partial charge in [0, 0.05) is 18.6 Å². The summed E-state index contributed by atoms with van der Waals surface area (Å²) in [5, 5.41) is 3.99. The Bertz CT molecular complexity index is 426. The Hall–Kier alpha value is -1.97. The van der Waals surface area contributed by atoms with E-state index in [1.54, 1.807) is 18.3 Å². The molecule has 1 aromatic rings. The van der Waals surface area contributed by atoms with Crippen LogP contribution in [-0.2, 0) is 0 Å². The molecule has 0 aromatic carbocycles. The zero-order chi connectivity index (χ0) is 11.9. The number of nitrogens with one attached hydrogen (secondary N) is 1. The third-order valence-corrected chi connectivity index (χ3v) is 2.68. The number of pyridine rings is 1. The SMILES string of the molecule is O=C(N/N=C/C1CC=CCC1)c1cccnc1. The van der Waals surface area contributed by atoms with Gasteiger partial charge in [-0.15, -0.1) is 0 Å². The van der Waals surface area contributed by atoms with Crippen molar-refractivity contribution in [1.29, 1.82) is 0 Å². The van der Waals surface area contributed by atoms with Gasteiger partial charge < -0.3 is 0 Å². The molecule has 1 aromatic heterocycles. The number of allylic oxidation sites excluding steroid dienone is 2. The van der Waals surface area contributed by atoms with E-state index >= 15 is 0 Å². The van der Waals surface area contributed by atoms with Crippen molar-refractivity contribution >= 4 is 12.1 Å². The second kappa shape index (κ2) is 5.94. The molecule has 4 nitrogen and oxygen atoms in total. The van der Waals surface area contributed by atoms with Crippen LogP contribution in [0.1, 0.15) is 29.6 Å². The quantitative estimate of drug-likeness (QED) is 0.490. The molecular weight excluding hydrogens is 214 g/mol. The van der Waals surface area contributed by atoms with Gasteiger partial charge in [0.2, 0.25) is 0 Å². The number of carbonyl (C=O) groups excluding carboxylic acids is 1. The minimum atomic E-state index is -0.222. The molecule has 0 fully saturated rings. The lowest BCUT2D eigenvalue weighted by Crippen LogP contribution is -2.18. The third-order valence-electron chi connectivity index (χ3n) is 2.68. The molecule has 0 saturated heterocycles. The molecule has 0 bridgehead atoms. The average molecular weight is 229 g/mol. The Kier molecular flexibility index (Phi) is 4.02. The Morgan fingerprint density at radius 1 is 1.53 bits per heavy atom. The minimum absolute atomic E-state index is 0.222. The van der Waals surface area contributed by atoms with Crippen LogP contribution in [0, 0.1) is 5.92 Å². The van der Waals surface area contributed by atoms with Gasteiger partial charge in [-0.05, 0) is 37.3 Å². The number of carbonyl (C=O) groups is 1. The molecule has 1 amide bonds. The summed E-state index contributed by atoms with van der Waals surface area (Å²) >= 11 is 0. The second-order valence-corrected chi connectivity index (χ2v) is 4.01. The lowest BCUT2D eigenvalue weighted by atomic mass is 9.96. The molecule has 1 atom stereocenters. The number of aromatic nitrogens is 1. The molecule has 0 aliphatic heterocycles. The van der Waals surface area contributed by atoms with Crippen molar-refractivity contribution < 1.29 is 4.79 Å². The fraction of sp³-hybridized carbons (Fsp3) is 0.308. The van der Waals surface area contributed by atoms with E-state index in [1.807, 2.05) is 6.21 Å². The first-order chi connectivity index (χ1) is 8.36. The van der Waals surface area contributed by atoms with Gasteiger partial charge in [-0.1, -0.05) is 12.2 Å². The van der Waals surface area contributed by atoms with Gasteiger partial charge in [0.25, 0.3) is 5.91 Å². The van der Waals surface area contributed by atoms with Crippen LogP contribution in [0.3, 0.4) is 0 Å². The van der Waals surface area contributed by atoms with Gasteiger partial charge in [0.05, 0.1) is 5.56 Å². The first-order valence-electron chi connectivity index (χ1n) is 5.75. The predicted octanol–water partition coefficient (Wildman–Crippen LogP) is 2.15. The van der Waals surface area contributed by atoms with Crippen molar-refractivity contribution in [1.82, 2.24) is 10.4 Å². The van der Waals surface area contributed by atoms with Crippen molar-refractivity contribution in [2.75, 3.05) is 0 Å². The number of nitrogens with zero attached hydrogens (tertiary/aromatic N) is 2. The van der Waals surface area contributed by atoms with Gasteiger partial charge in [0.15, 0.2) is 0 Å². The zero-order valence-electron chi connectivity index (χ0n) is 9.54. The molecule has 1 aliphatic rings. The van der Waals surface area contributed by atoms with Gasteiger partial charge >= 0.3 is 0 Å². The van der Waals surface area contributed by atoms with Crippen molar-refractivity contribution in [2.24, 2.45) is 11.0 Å². The maximum Gasteiger partial charge on any atom is 0.272 e. The van der Waals surface area contributed by atoms with E-state index in [9.17, 15) is 4.79 Å². The molecule has 0 saturated carbocycles. The van der Waals surface area contributed by atoms with Crippen molar-refractivity contribution in [2.45, 2.75) is 19.3 Å². The normalized spacial score (nSPS) is 19.4. The summed E-state index contributed by atoms with van der Waals surface area (Å²) in [6, 6.07) is 3.44. The highest BCUT2D eigenvalue weighted by atomic mass is 16.2. The summed E-state index contributed by atoms with van der Waals surface area (Å²) in [5.41, 5.74) is 3.03. The molecule has 0 radical (unpaired) electrons. The van der Waals surface area contributed by atoms with Gasteiger partial charge in [-0.2, -0.15) is 5.10 Å². The summed E-state index contributed by atoms with van der Waals surface area (Å²) in [6.07, 6.45) is 12.5. The molecule has 1 N–H and O–H groups in total. The molecule has 88 valence electrons. The van der Waals surface area contributed by atoms with Crippen LogP contribution in [0.5, 0.6) is 0 Å². The smallest absolute Gasteiger partial charge is 0.267 e. The van der Waals surface area contributed by atoms with E-state index in [0.717, 1.165) is 19.3 Å². The number of amides is 1. The van der Waals surface area contributed by atoms with E-state index in [-0.39, 0.29) is 5.91 Å². The predicted molar refractivity (Wildman–Crippen MR) is 66.7 cm³/mol. The topological polar surface area (TPSA) is 54.4 Å². The maximum absolute atomic E-state index is 11.6. The average Bonchev–Trinajstić information content (AvgIpc) is 2.41. The molecule has 17 heavy (non-hydrogen) atoms. The largest absolute Gasteiger partial charge is 0.272 e. The van der Waals surface area contributed by atoms with Crippen LogP contribution in [0.15, 0.2) is 41.8 Å². The maximum atomic E-state index is 11.6. The van der Waals surface area contributed by atoms with Crippen LogP contribution in [0.4, 0.5) is 0 Å². The van der Waals surface area contributed by atoms with Crippen molar-refractivity contribution in [3.63, 3.8) is 0 Å². The highest BCUT2D eigenvalue weighted by Crippen LogP contribution is 2.15. The minimum Gasteiger partial charge on any atom is -0.267 e.